The summed E-state index contributed by atoms with van der Waals surface area (Å²) in [5, 5.41) is 3.49. The maximum atomic E-state index is 4.84. The largest absolute Gasteiger partial charge is 0.354 e. The summed E-state index contributed by atoms with van der Waals surface area (Å²) < 4.78 is 0. The van der Waals surface area contributed by atoms with Crippen molar-refractivity contribution in [1.82, 2.24) is 10.3 Å². The molecule has 0 saturated carbocycles. The molecule has 0 bridgehead atoms. The minimum atomic E-state index is 0.487. The fourth-order valence-electron chi connectivity index (χ4n) is 2.47. The molecule has 0 saturated heterocycles. The molecule has 1 heterocycles. The first-order chi connectivity index (χ1) is 9.62. The number of anilines is 1. The van der Waals surface area contributed by atoms with Crippen LogP contribution in [-0.2, 0) is 13.0 Å². The Bertz CT molecular complexity index is 388. The van der Waals surface area contributed by atoms with Crippen LogP contribution in [0.4, 0.5) is 5.82 Å². The highest BCUT2D eigenvalue weighted by Gasteiger charge is 2.12. The zero-order chi connectivity index (χ0) is 15.0. The maximum absolute atomic E-state index is 4.84. The number of nitrogens with one attached hydrogen (secondary N) is 1. The van der Waals surface area contributed by atoms with Crippen molar-refractivity contribution in [2.24, 2.45) is 0 Å². The molecule has 1 aromatic rings. The summed E-state index contributed by atoms with van der Waals surface area (Å²) in [4.78, 5) is 7.21. The summed E-state index contributed by atoms with van der Waals surface area (Å²) in [6.45, 7) is 14.1. The van der Waals surface area contributed by atoms with Crippen LogP contribution in [0.3, 0.4) is 0 Å². The van der Waals surface area contributed by atoms with E-state index in [9.17, 15) is 0 Å². The molecule has 1 aromatic heterocycles. The monoisotopic (exact) mass is 277 g/mol. The van der Waals surface area contributed by atoms with Crippen LogP contribution in [0.2, 0.25) is 0 Å². The summed E-state index contributed by atoms with van der Waals surface area (Å²) >= 11 is 0. The van der Waals surface area contributed by atoms with E-state index in [4.69, 9.17) is 4.98 Å². The molecule has 20 heavy (non-hydrogen) atoms. The average Bonchev–Trinajstić information content (AvgIpc) is 2.39. The quantitative estimate of drug-likeness (QED) is 0.696. The first-order valence-electron chi connectivity index (χ1n) is 8.09. The summed E-state index contributed by atoms with van der Waals surface area (Å²) in [7, 11) is 0. The molecule has 0 radical (unpaired) electrons. The topological polar surface area (TPSA) is 28.2 Å². The van der Waals surface area contributed by atoms with Crippen LogP contribution >= 0.6 is 0 Å². The van der Waals surface area contributed by atoms with Crippen LogP contribution in [-0.4, -0.2) is 24.1 Å². The molecule has 0 aliphatic carbocycles. The van der Waals surface area contributed by atoms with Crippen molar-refractivity contribution < 1.29 is 0 Å². The van der Waals surface area contributed by atoms with Gasteiger partial charge in [0.25, 0.3) is 0 Å². The molecule has 3 nitrogen and oxygen atoms in total. The Kier molecular flexibility index (Phi) is 7.60. The van der Waals surface area contributed by atoms with Gasteiger partial charge in [0.15, 0.2) is 0 Å². The van der Waals surface area contributed by atoms with Gasteiger partial charge in [-0.25, -0.2) is 4.98 Å². The molecular weight excluding hydrogens is 246 g/mol. The first kappa shape index (κ1) is 17.0. The highest BCUT2D eigenvalue weighted by molar-refractivity contribution is 5.43. The van der Waals surface area contributed by atoms with Crippen molar-refractivity contribution >= 4 is 5.82 Å². The molecule has 3 heteroatoms. The predicted octanol–water partition coefficient (Wildman–Crippen LogP) is 3.77. The van der Waals surface area contributed by atoms with Gasteiger partial charge in [-0.3, -0.25) is 0 Å². The van der Waals surface area contributed by atoms with E-state index in [0.29, 0.717) is 6.04 Å². The zero-order valence-corrected chi connectivity index (χ0v) is 13.9. The van der Waals surface area contributed by atoms with Gasteiger partial charge in [0.1, 0.15) is 5.82 Å². The van der Waals surface area contributed by atoms with Gasteiger partial charge in [-0.15, -0.1) is 0 Å². The van der Waals surface area contributed by atoms with Crippen molar-refractivity contribution in [1.29, 1.82) is 0 Å². The van der Waals surface area contributed by atoms with Crippen molar-refractivity contribution in [3.8, 4) is 0 Å². The van der Waals surface area contributed by atoms with Gasteiger partial charge in [-0.1, -0.05) is 20.3 Å². The number of aryl methyl sites for hydroxylation is 1. The SMILES string of the molecule is CCCNCc1cc(CCC)nc(N(CC)C(C)C)c1. The van der Waals surface area contributed by atoms with Crippen LogP contribution in [0, 0.1) is 0 Å². The summed E-state index contributed by atoms with van der Waals surface area (Å²) in [5.74, 6) is 1.13. The first-order valence-corrected chi connectivity index (χ1v) is 8.09. The molecule has 1 rings (SSSR count). The van der Waals surface area contributed by atoms with E-state index in [2.05, 4.69) is 57.0 Å². The lowest BCUT2D eigenvalue weighted by atomic mass is 10.1. The molecule has 114 valence electrons. The minimum absolute atomic E-state index is 0.487. The maximum Gasteiger partial charge on any atom is 0.129 e. The second kappa shape index (κ2) is 8.96. The number of rotatable bonds is 9. The van der Waals surface area contributed by atoms with Crippen LogP contribution in [0.25, 0.3) is 0 Å². The van der Waals surface area contributed by atoms with Gasteiger partial charge in [0, 0.05) is 24.8 Å². The van der Waals surface area contributed by atoms with Crippen molar-refractivity contribution in [2.45, 2.75) is 66.5 Å². The Morgan fingerprint density at radius 3 is 2.45 bits per heavy atom. The van der Waals surface area contributed by atoms with E-state index < -0.39 is 0 Å². The van der Waals surface area contributed by atoms with E-state index in [1.165, 1.54) is 17.7 Å². The third-order valence-corrected chi connectivity index (χ3v) is 3.45. The fraction of sp³-hybridized carbons (Fsp3) is 0.706. The normalized spacial score (nSPS) is 11.1. The van der Waals surface area contributed by atoms with E-state index in [-0.39, 0.29) is 0 Å². The Morgan fingerprint density at radius 1 is 1.15 bits per heavy atom. The van der Waals surface area contributed by atoms with Crippen LogP contribution in [0.5, 0.6) is 0 Å². The number of hydrogen-bond donors (Lipinski definition) is 1. The van der Waals surface area contributed by atoms with E-state index in [0.717, 1.165) is 38.3 Å². The van der Waals surface area contributed by atoms with Gasteiger partial charge in [0.2, 0.25) is 0 Å². The zero-order valence-electron chi connectivity index (χ0n) is 13.9. The van der Waals surface area contributed by atoms with Gasteiger partial charge in [0.05, 0.1) is 0 Å². The molecule has 0 fully saturated rings. The predicted molar refractivity (Wildman–Crippen MR) is 88.4 cm³/mol. The highest BCUT2D eigenvalue weighted by atomic mass is 15.2. The minimum Gasteiger partial charge on any atom is -0.354 e. The lowest BCUT2D eigenvalue weighted by Crippen LogP contribution is -2.31. The average molecular weight is 277 g/mol. The summed E-state index contributed by atoms with van der Waals surface area (Å²) in [6, 6.07) is 4.98. The lowest BCUT2D eigenvalue weighted by molar-refractivity contribution is 0.666. The Labute approximate surface area is 124 Å². The van der Waals surface area contributed by atoms with Crippen LogP contribution in [0.15, 0.2) is 12.1 Å². The van der Waals surface area contributed by atoms with E-state index in [1.807, 2.05) is 0 Å². The van der Waals surface area contributed by atoms with Gasteiger partial charge in [-0.2, -0.15) is 0 Å². The third kappa shape index (κ3) is 5.12. The van der Waals surface area contributed by atoms with Crippen molar-refractivity contribution in [3.63, 3.8) is 0 Å². The smallest absolute Gasteiger partial charge is 0.129 e. The third-order valence-electron chi connectivity index (χ3n) is 3.45. The standard InChI is InChI=1S/C17H31N3/c1-6-9-16-11-15(13-18-10-7-2)12-17(19-16)20(8-3)14(4)5/h11-12,14,18H,6-10,13H2,1-5H3. The summed E-state index contributed by atoms with van der Waals surface area (Å²) in [5.41, 5.74) is 2.57. The second-order valence-corrected chi connectivity index (χ2v) is 5.63. The molecule has 0 spiro atoms. The molecular formula is C17H31N3. The highest BCUT2D eigenvalue weighted by Crippen LogP contribution is 2.18. The molecule has 0 aliphatic rings. The van der Waals surface area contributed by atoms with Crippen molar-refractivity contribution in [3.05, 3.63) is 23.4 Å². The Hall–Kier alpha value is -1.09. The molecule has 0 aliphatic heterocycles. The molecule has 0 atom stereocenters. The molecule has 0 aromatic carbocycles. The van der Waals surface area contributed by atoms with E-state index >= 15 is 0 Å². The second-order valence-electron chi connectivity index (χ2n) is 5.63. The van der Waals surface area contributed by atoms with Crippen LogP contribution in [0.1, 0.15) is 58.7 Å². The van der Waals surface area contributed by atoms with E-state index in [1.54, 1.807) is 0 Å². The number of hydrogen-bond acceptors (Lipinski definition) is 3. The Morgan fingerprint density at radius 2 is 1.90 bits per heavy atom. The Balaban J connectivity index is 2.96. The van der Waals surface area contributed by atoms with Gasteiger partial charge >= 0.3 is 0 Å². The molecule has 1 N–H and O–H groups in total. The van der Waals surface area contributed by atoms with Crippen molar-refractivity contribution in [2.75, 3.05) is 18.0 Å². The van der Waals surface area contributed by atoms with Crippen LogP contribution < -0.4 is 10.2 Å². The van der Waals surface area contributed by atoms with Gasteiger partial charge in [-0.05, 0) is 57.9 Å². The fourth-order valence-corrected chi connectivity index (χ4v) is 2.47. The molecule has 0 unspecified atom stereocenters. The number of pyridine rings is 1. The molecule has 0 amide bonds. The number of aromatic nitrogens is 1. The summed E-state index contributed by atoms with van der Waals surface area (Å²) in [6.07, 6.45) is 3.38. The lowest BCUT2D eigenvalue weighted by Gasteiger charge is -2.27. The van der Waals surface area contributed by atoms with Gasteiger partial charge < -0.3 is 10.2 Å². The number of nitrogens with zero attached hydrogens (tertiary/aromatic N) is 2.